The van der Waals surface area contributed by atoms with E-state index in [9.17, 15) is 14.9 Å². The van der Waals surface area contributed by atoms with E-state index in [0.717, 1.165) is 20.9 Å². The summed E-state index contributed by atoms with van der Waals surface area (Å²) in [5, 5.41) is 23.7. The maximum atomic E-state index is 12.1. The van der Waals surface area contributed by atoms with Gasteiger partial charge in [0.25, 0.3) is 11.6 Å². The fraction of sp³-hybridized carbons (Fsp3) is 0.0556. The van der Waals surface area contributed by atoms with Gasteiger partial charge in [-0.15, -0.1) is 0 Å². The van der Waals surface area contributed by atoms with Gasteiger partial charge in [0.2, 0.25) is 0 Å². The molecule has 0 radical (unpaired) electrons. The first-order valence-corrected chi connectivity index (χ1v) is 8.92. The lowest BCUT2D eigenvalue weighted by molar-refractivity contribution is -0.384. The number of nitrogens with one attached hydrogen (secondary N) is 2. The number of anilines is 2. The second-order valence-corrected chi connectivity index (χ2v) is 7.00. The minimum Gasteiger partial charge on any atom is -0.355 e. The molecular formula is C18H15IN4O4. The lowest BCUT2D eigenvalue weighted by Crippen LogP contribution is -2.20. The third-order valence-corrected chi connectivity index (χ3v) is 4.67. The summed E-state index contributed by atoms with van der Waals surface area (Å²) in [6.07, 6.45) is 3.35. The van der Waals surface area contributed by atoms with Crippen LogP contribution in [0.5, 0.6) is 0 Å². The second-order valence-electron chi connectivity index (χ2n) is 5.76. The fourth-order valence-electron chi connectivity index (χ4n) is 2.69. The molecule has 3 rings (SSSR count). The average molecular weight is 478 g/mol. The number of carbonyl (C=O) groups excluding carboxylic acids is 1. The normalized spacial score (nSPS) is 10.5. The summed E-state index contributed by atoms with van der Waals surface area (Å²) >= 11 is 2.20. The molecule has 0 atom stereocenters. The number of aromatic nitrogens is 1. The van der Waals surface area contributed by atoms with Gasteiger partial charge in [-0.1, -0.05) is 0 Å². The first-order valence-electron chi connectivity index (χ1n) is 7.84. The molecule has 1 aromatic heterocycles. The summed E-state index contributed by atoms with van der Waals surface area (Å²) in [5.41, 5.74) is 3.56. The maximum Gasteiger partial charge on any atom is 0.294 e. The van der Waals surface area contributed by atoms with Crippen LogP contribution in [-0.4, -0.2) is 20.6 Å². The number of nitrogens with zero attached hydrogens (tertiary/aromatic N) is 2. The van der Waals surface area contributed by atoms with Gasteiger partial charge >= 0.3 is 0 Å². The van der Waals surface area contributed by atoms with Crippen LogP contribution in [0.3, 0.4) is 0 Å². The topological polar surface area (TPSA) is 109 Å². The van der Waals surface area contributed by atoms with Crippen LogP contribution in [0.2, 0.25) is 0 Å². The molecule has 0 unspecified atom stereocenters. The van der Waals surface area contributed by atoms with E-state index in [1.165, 1.54) is 6.07 Å². The number of rotatable bonds is 5. The Morgan fingerprint density at radius 1 is 1.19 bits per heavy atom. The second kappa shape index (κ2) is 7.76. The van der Waals surface area contributed by atoms with Gasteiger partial charge in [0.1, 0.15) is 5.69 Å². The molecular weight excluding hydrogens is 463 g/mol. The van der Waals surface area contributed by atoms with E-state index in [4.69, 9.17) is 5.21 Å². The third kappa shape index (κ3) is 3.93. The highest BCUT2D eigenvalue weighted by Gasteiger charge is 2.23. The molecule has 0 aliphatic heterocycles. The number of nitro benzene ring substituents is 1. The number of hydrogen-bond acceptors (Lipinski definition) is 5. The first kappa shape index (κ1) is 18.9. The van der Waals surface area contributed by atoms with E-state index < -0.39 is 10.8 Å². The molecule has 3 N–H and O–H groups in total. The van der Waals surface area contributed by atoms with E-state index >= 15 is 0 Å². The van der Waals surface area contributed by atoms with E-state index in [2.05, 4.69) is 27.9 Å². The summed E-state index contributed by atoms with van der Waals surface area (Å²) in [4.78, 5) is 23.1. The highest BCUT2D eigenvalue weighted by atomic mass is 127. The van der Waals surface area contributed by atoms with Crippen LogP contribution >= 0.6 is 22.6 Å². The predicted octanol–water partition coefficient (Wildman–Crippen LogP) is 4.16. The van der Waals surface area contributed by atoms with Crippen molar-refractivity contribution >= 4 is 45.6 Å². The minimum atomic E-state index is -0.845. The van der Waals surface area contributed by atoms with Crippen LogP contribution in [0.15, 0.2) is 54.9 Å². The molecule has 0 saturated carbocycles. The molecule has 1 amide bonds. The van der Waals surface area contributed by atoms with E-state index in [0.29, 0.717) is 11.4 Å². The number of hydrogen-bond donors (Lipinski definition) is 3. The fourth-order valence-corrected chi connectivity index (χ4v) is 3.34. The summed E-state index contributed by atoms with van der Waals surface area (Å²) in [6.45, 7) is 1.91. The van der Waals surface area contributed by atoms with Crippen molar-refractivity contribution in [2.24, 2.45) is 0 Å². The van der Waals surface area contributed by atoms with Crippen molar-refractivity contribution in [3.63, 3.8) is 0 Å². The average Bonchev–Trinajstić information content (AvgIpc) is 3.17. The van der Waals surface area contributed by atoms with Gasteiger partial charge in [-0.05, 0) is 71.5 Å². The molecule has 8 nitrogen and oxygen atoms in total. The maximum absolute atomic E-state index is 12.1. The first-order chi connectivity index (χ1) is 12.9. The van der Waals surface area contributed by atoms with Crippen molar-refractivity contribution in [3.8, 4) is 5.69 Å². The van der Waals surface area contributed by atoms with E-state index in [1.807, 2.05) is 25.1 Å². The zero-order valence-electron chi connectivity index (χ0n) is 14.1. The van der Waals surface area contributed by atoms with E-state index in [-0.39, 0.29) is 11.3 Å². The van der Waals surface area contributed by atoms with Gasteiger partial charge in [-0.3, -0.25) is 20.1 Å². The predicted molar refractivity (Wildman–Crippen MR) is 109 cm³/mol. The van der Waals surface area contributed by atoms with E-state index in [1.54, 1.807) is 34.6 Å². The zero-order valence-corrected chi connectivity index (χ0v) is 16.3. The number of benzene rings is 2. The Morgan fingerprint density at radius 2 is 1.89 bits per heavy atom. The Bertz CT molecular complexity index is 1020. The zero-order chi connectivity index (χ0) is 19.6. The molecule has 0 aliphatic carbocycles. The number of nitro groups is 1. The number of amides is 1. The van der Waals surface area contributed by atoms with Gasteiger partial charge in [0.05, 0.1) is 16.2 Å². The molecule has 0 bridgehead atoms. The Labute approximate surface area is 168 Å². The van der Waals surface area contributed by atoms with Crippen LogP contribution in [0.4, 0.5) is 17.1 Å². The SMILES string of the molecule is Cc1cc(I)ccc1Nc1cc(-n2cccc2)c([N+](=O)[O-])cc1C(=O)NO. The lowest BCUT2D eigenvalue weighted by Gasteiger charge is -2.15. The number of carbonyl (C=O) groups is 1. The molecule has 3 aromatic rings. The molecule has 0 fully saturated rings. The smallest absolute Gasteiger partial charge is 0.294 e. The van der Waals surface area contributed by atoms with Gasteiger partial charge < -0.3 is 9.88 Å². The molecule has 0 aliphatic rings. The van der Waals surface area contributed by atoms with Crippen LogP contribution < -0.4 is 10.8 Å². The summed E-state index contributed by atoms with van der Waals surface area (Å²) < 4.78 is 2.64. The highest BCUT2D eigenvalue weighted by Crippen LogP contribution is 2.33. The Balaban J connectivity index is 2.19. The highest BCUT2D eigenvalue weighted by molar-refractivity contribution is 14.1. The van der Waals surface area contributed by atoms with Gasteiger partial charge in [-0.2, -0.15) is 0 Å². The van der Waals surface area contributed by atoms with Crippen LogP contribution in [0.1, 0.15) is 15.9 Å². The number of halogens is 1. The van der Waals surface area contributed by atoms with Gasteiger partial charge in [-0.25, -0.2) is 5.48 Å². The Morgan fingerprint density at radius 3 is 2.48 bits per heavy atom. The van der Waals surface area contributed by atoms with Gasteiger partial charge in [0.15, 0.2) is 0 Å². The van der Waals surface area contributed by atoms with Crippen LogP contribution in [0.25, 0.3) is 5.69 Å². The quantitative estimate of drug-likeness (QED) is 0.221. The molecule has 0 spiro atoms. The molecule has 138 valence electrons. The van der Waals surface area contributed by atoms with Crippen molar-refractivity contribution in [2.75, 3.05) is 5.32 Å². The summed E-state index contributed by atoms with van der Waals surface area (Å²) in [5.74, 6) is -0.845. The third-order valence-electron chi connectivity index (χ3n) is 4.00. The largest absolute Gasteiger partial charge is 0.355 e. The van der Waals surface area contributed by atoms with Crippen molar-refractivity contribution in [1.29, 1.82) is 0 Å². The summed E-state index contributed by atoms with van der Waals surface area (Å²) in [6, 6.07) is 11.9. The molecule has 27 heavy (non-hydrogen) atoms. The number of hydroxylamine groups is 1. The van der Waals surface area contributed by atoms with Crippen molar-refractivity contribution in [2.45, 2.75) is 6.92 Å². The lowest BCUT2D eigenvalue weighted by atomic mass is 10.1. The van der Waals surface area contributed by atoms with Crippen molar-refractivity contribution in [1.82, 2.24) is 10.0 Å². The summed E-state index contributed by atoms with van der Waals surface area (Å²) in [7, 11) is 0. The monoisotopic (exact) mass is 478 g/mol. The minimum absolute atomic E-state index is 0.0435. The number of aryl methyl sites for hydroxylation is 1. The molecule has 1 heterocycles. The molecule has 9 heteroatoms. The van der Waals surface area contributed by atoms with Crippen LogP contribution in [-0.2, 0) is 0 Å². The Hall–Kier alpha value is -2.92. The van der Waals surface area contributed by atoms with Crippen LogP contribution in [0, 0.1) is 20.6 Å². The van der Waals surface area contributed by atoms with Gasteiger partial charge in [0, 0.05) is 27.7 Å². The Kier molecular flexibility index (Phi) is 5.42. The standard InChI is InChI=1S/C18H15IN4O4/c1-11-8-12(19)4-5-14(11)20-15-10-16(22-6-2-3-7-22)17(23(26)27)9-13(15)18(24)21-25/h2-10,20,25H,1H3,(H,21,24). The van der Waals surface area contributed by atoms with Crippen molar-refractivity contribution < 1.29 is 14.9 Å². The molecule has 2 aromatic carbocycles. The molecule has 0 saturated heterocycles. The van der Waals surface area contributed by atoms with Crippen molar-refractivity contribution in [3.05, 3.63) is 79.7 Å².